The second-order valence-corrected chi connectivity index (χ2v) is 10.2. The van der Waals surface area contributed by atoms with Crippen molar-refractivity contribution in [2.24, 2.45) is 0 Å². The molecule has 2 rings (SSSR count). The Morgan fingerprint density at radius 1 is 0.972 bits per heavy atom. The lowest BCUT2D eigenvalue weighted by Gasteiger charge is -2.33. The second-order valence-electron chi connectivity index (χ2n) is 8.28. The van der Waals surface area contributed by atoms with E-state index in [1.165, 1.54) is 4.90 Å². The fourth-order valence-corrected chi connectivity index (χ4v) is 4.55. The van der Waals surface area contributed by atoms with Crippen molar-refractivity contribution >= 4 is 27.5 Å². The molecule has 36 heavy (non-hydrogen) atoms. The number of nitrogens with zero attached hydrogens (tertiary/aromatic N) is 2. The van der Waals surface area contributed by atoms with Gasteiger partial charge in [-0.1, -0.05) is 26.0 Å². The Morgan fingerprint density at radius 3 is 2.08 bits per heavy atom. The Morgan fingerprint density at radius 2 is 1.58 bits per heavy atom. The van der Waals surface area contributed by atoms with Crippen molar-refractivity contribution in [3.63, 3.8) is 0 Å². The first-order valence-electron chi connectivity index (χ1n) is 12.0. The molecule has 9 nitrogen and oxygen atoms in total. The number of methoxy groups -OCH3 is 1. The number of ether oxygens (including phenoxy) is 2. The van der Waals surface area contributed by atoms with Gasteiger partial charge in [0.1, 0.15) is 24.1 Å². The number of rotatable bonds is 14. The lowest BCUT2D eigenvalue weighted by molar-refractivity contribution is -0.140. The summed E-state index contributed by atoms with van der Waals surface area (Å²) in [7, 11) is -2.23. The predicted molar refractivity (Wildman–Crippen MR) is 141 cm³/mol. The van der Waals surface area contributed by atoms with Crippen molar-refractivity contribution in [2.75, 3.05) is 37.4 Å². The SMILES string of the molecule is CCCNC(=O)C(CC)N(Cc1ccc(OC)cc1)C(=O)CN(c1ccc(OCC)cc1)S(C)(=O)=O. The summed E-state index contributed by atoms with van der Waals surface area (Å²) in [6.45, 7) is 6.29. The van der Waals surface area contributed by atoms with E-state index in [1.807, 2.05) is 32.9 Å². The first-order chi connectivity index (χ1) is 17.1. The Kier molecular flexibility index (Phi) is 11.0. The number of carbonyl (C=O) groups is 2. The van der Waals surface area contributed by atoms with Crippen LogP contribution in [-0.2, 0) is 26.2 Å². The number of carbonyl (C=O) groups excluding carboxylic acids is 2. The van der Waals surface area contributed by atoms with Crippen LogP contribution in [0.4, 0.5) is 5.69 Å². The van der Waals surface area contributed by atoms with Gasteiger partial charge in [0.15, 0.2) is 0 Å². The molecule has 0 bridgehead atoms. The van der Waals surface area contributed by atoms with E-state index < -0.39 is 28.5 Å². The average Bonchev–Trinajstić information content (AvgIpc) is 2.86. The third-order valence-electron chi connectivity index (χ3n) is 5.56. The molecule has 0 aliphatic heterocycles. The fraction of sp³-hybridized carbons (Fsp3) is 0.462. The van der Waals surface area contributed by atoms with Crippen molar-refractivity contribution < 1.29 is 27.5 Å². The van der Waals surface area contributed by atoms with Crippen LogP contribution in [0.3, 0.4) is 0 Å². The standard InChI is InChI=1S/C26H37N3O6S/c1-6-17-27-26(31)24(7-2)28(18-20-9-13-22(34-4)14-10-20)25(30)19-29(36(5,32)33)21-11-15-23(16-12-21)35-8-3/h9-16,24H,6-8,17-19H2,1-5H3,(H,27,31). The van der Waals surface area contributed by atoms with Crippen molar-refractivity contribution in [1.29, 1.82) is 0 Å². The normalized spacial score (nSPS) is 11.9. The maximum atomic E-state index is 13.6. The third-order valence-corrected chi connectivity index (χ3v) is 6.70. The number of nitrogens with one attached hydrogen (secondary N) is 1. The van der Waals surface area contributed by atoms with Crippen molar-refractivity contribution in [1.82, 2.24) is 10.2 Å². The van der Waals surface area contributed by atoms with Gasteiger partial charge in [0, 0.05) is 13.1 Å². The summed E-state index contributed by atoms with van der Waals surface area (Å²) in [5.41, 5.74) is 1.13. The monoisotopic (exact) mass is 519 g/mol. The van der Waals surface area contributed by atoms with Crippen molar-refractivity contribution in [2.45, 2.75) is 46.2 Å². The highest BCUT2D eigenvalue weighted by atomic mass is 32.2. The zero-order valence-corrected chi connectivity index (χ0v) is 22.5. The first kappa shape index (κ1) is 29.0. The van der Waals surface area contributed by atoms with Crippen LogP contribution in [0, 0.1) is 0 Å². The predicted octanol–water partition coefficient (Wildman–Crippen LogP) is 3.19. The smallest absolute Gasteiger partial charge is 0.244 e. The van der Waals surface area contributed by atoms with E-state index in [-0.39, 0.29) is 12.5 Å². The molecule has 1 N–H and O–H groups in total. The van der Waals surface area contributed by atoms with Crippen LogP contribution in [0.2, 0.25) is 0 Å². The average molecular weight is 520 g/mol. The lowest BCUT2D eigenvalue weighted by atomic mass is 10.1. The van der Waals surface area contributed by atoms with E-state index in [0.29, 0.717) is 36.8 Å². The summed E-state index contributed by atoms with van der Waals surface area (Å²) in [4.78, 5) is 28.0. The van der Waals surface area contributed by atoms with E-state index >= 15 is 0 Å². The Hall–Kier alpha value is -3.27. The van der Waals surface area contributed by atoms with Crippen molar-refractivity contribution in [3.8, 4) is 11.5 Å². The highest BCUT2D eigenvalue weighted by molar-refractivity contribution is 7.92. The maximum Gasteiger partial charge on any atom is 0.244 e. The Balaban J connectivity index is 2.39. The van der Waals surface area contributed by atoms with Gasteiger partial charge in [-0.3, -0.25) is 13.9 Å². The molecular formula is C26H37N3O6S. The minimum atomic E-state index is -3.79. The molecule has 1 unspecified atom stereocenters. The van der Waals surface area contributed by atoms with Crippen LogP contribution in [0.5, 0.6) is 11.5 Å². The molecule has 2 aromatic rings. The van der Waals surface area contributed by atoms with E-state index in [9.17, 15) is 18.0 Å². The molecule has 2 aromatic carbocycles. The molecule has 0 aliphatic carbocycles. The summed E-state index contributed by atoms with van der Waals surface area (Å²) >= 11 is 0. The van der Waals surface area contributed by atoms with Gasteiger partial charge < -0.3 is 19.7 Å². The van der Waals surface area contributed by atoms with Gasteiger partial charge in [-0.25, -0.2) is 8.42 Å². The highest BCUT2D eigenvalue weighted by Crippen LogP contribution is 2.23. The molecule has 0 heterocycles. The number of sulfonamides is 1. The van der Waals surface area contributed by atoms with Crippen LogP contribution in [0.1, 0.15) is 39.2 Å². The maximum absolute atomic E-state index is 13.6. The molecule has 0 saturated heterocycles. The summed E-state index contributed by atoms with van der Waals surface area (Å²) < 4.78 is 37.0. The molecule has 0 aliphatic rings. The minimum absolute atomic E-state index is 0.141. The number of amides is 2. The summed E-state index contributed by atoms with van der Waals surface area (Å²) in [6, 6.07) is 12.9. The van der Waals surface area contributed by atoms with Gasteiger partial charge in [-0.05, 0) is 61.7 Å². The number of hydrogen-bond acceptors (Lipinski definition) is 6. The second kappa shape index (κ2) is 13.7. The molecule has 0 saturated carbocycles. The first-order valence-corrected chi connectivity index (χ1v) is 13.9. The van der Waals surface area contributed by atoms with Gasteiger partial charge in [0.05, 0.1) is 25.7 Å². The summed E-state index contributed by atoms with van der Waals surface area (Å²) in [5.74, 6) is 0.515. The zero-order valence-electron chi connectivity index (χ0n) is 21.7. The van der Waals surface area contributed by atoms with Crippen LogP contribution >= 0.6 is 0 Å². The molecule has 0 aromatic heterocycles. The highest BCUT2D eigenvalue weighted by Gasteiger charge is 2.31. The van der Waals surface area contributed by atoms with Gasteiger partial charge in [-0.15, -0.1) is 0 Å². The third kappa shape index (κ3) is 8.15. The topological polar surface area (TPSA) is 105 Å². The summed E-state index contributed by atoms with van der Waals surface area (Å²) in [5, 5.41) is 2.86. The van der Waals surface area contributed by atoms with Gasteiger partial charge >= 0.3 is 0 Å². The molecule has 0 fully saturated rings. The van der Waals surface area contributed by atoms with E-state index in [2.05, 4.69) is 5.32 Å². The molecular weight excluding hydrogens is 482 g/mol. The van der Waals surface area contributed by atoms with Crippen LogP contribution in [0.15, 0.2) is 48.5 Å². The molecule has 0 radical (unpaired) electrons. The number of hydrogen-bond donors (Lipinski definition) is 1. The molecule has 1 atom stereocenters. The molecule has 0 spiro atoms. The van der Waals surface area contributed by atoms with Crippen LogP contribution in [-0.4, -0.2) is 64.2 Å². The van der Waals surface area contributed by atoms with E-state index in [4.69, 9.17) is 9.47 Å². The number of anilines is 1. The molecule has 10 heteroatoms. The quantitative estimate of drug-likeness (QED) is 0.411. The largest absolute Gasteiger partial charge is 0.497 e. The van der Waals surface area contributed by atoms with Crippen LogP contribution < -0.4 is 19.1 Å². The van der Waals surface area contributed by atoms with Crippen molar-refractivity contribution in [3.05, 3.63) is 54.1 Å². The van der Waals surface area contributed by atoms with Gasteiger partial charge in [-0.2, -0.15) is 0 Å². The Bertz CT molecular complexity index is 1090. The molecule has 2 amide bonds. The number of benzene rings is 2. The Labute approximate surface area is 214 Å². The lowest BCUT2D eigenvalue weighted by Crippen LogP contribution is -2.52. The molecule has 198 valence electrons. The summed E-state index contributed by atoms with van der Waals surface area (Å²) in [6.07, 6.45) is 2.18. The van der Waals surface area contributed by atoms with Gasteiger partial charge in [0.2, 0.25) is 21.8 Å². The fourth-order valence-electron chi connectivity index (χ4n) is 3.70. The van der Waals surface area contributed by atoms with E-state index in [1.54, 1.807) is 43.5 Å². The zero-order chi connectivity index (χ0) is 26.7. The minimum Gasteiger partial charge on any atom is -0.497 e. The van der Waals surface area contributed by atoms with Crippen LogP contribution in [0.25, 0.3) is 0 Å². The van der Waals surface area contributed by atoms with E-state index in [0.717, 1.165) is 22.5 Å². The van der Waals surface area contributed by atoms with Gasteiger partial charge in [0.25, 0.3) is 0 Å².